The van der Waals surface area contributed by atoms with Gasteiger partial charge in [-0.05, 0) is 69.7 Å². The van der Waals surface area contributed by atoms with Crippen molar-refractivity contribution in [2.45, 2.75) is 57.6 Å². The van der Waals surface area contributed by atoms with Crippen molar-refractivity contribution in [2.24, 2.45) is 0 Å². The van der Waals surface area contributed by atoms with Gasteiger partial charge in [-0.2, -0.15) is 5.26 Å². The molecule has 0 unspecified atom stereocenters. The van der Waals surface area contributed by atoms with Crippen molar-refractivity contribution in [3.63, 3.8) is 0 Å². The van der Waals surface area contributed by atoms with Crippen molar-refractivity contribution in [1.29, 1.82) is 5.26 Å². The monoisotopic (exact) mass is 465 g/mol. The lowest BCUT2D eigenvalue weighted by atomic mass is 9.93. The van der Waals surface area contributed by atoms with Gasteiger partial charge >= 0.3 is 0 Å². The Kier molecular flexibility index (Phi) is 7.46. The Morgan fingerprint density at radius 3 is 2.70 bits per heavy atom. The number of carbonyl (C=O) groups excluding carboxylic acids is 1. The van der Waals surface area contributed by atoms with Crippen molar-refractivity contribution >= 4 is 23.3 Å². The van der Waals surface area contributed by atoms with Crippen molar-refractivity contribution < 1.29 is 9.53 Å². The summed E-state index contributed by atoms with van der Waals surface area (Å²) in [5.41, 5.74) is 2.18. The zero-order chi connectivity index (χ0) is 23.2. The zero-order valence-electron chi connectivity index (χ0n) is 18.8. The highest BCUT2D eigenvalue weighted by Crippen LogP contribution is 2.27. The fourth-order valence-electron chi connectivity index (χ4n) is 4.27. The van der Waals surface area contributed by atoms with Crippen LogP contribution in [0.5, 0.6) is 5.75 Å². The van der Waals surface area contributed by atoms with Crippen molar-refractivity contribution in [1.82, 2.24) is 15.5 Å². The van der Waals surface area contributed by atoms with Gasteiger partial charge in [0.15, 0.2) is 11.5 Å². The van der Waals surface area contributed by atoms with Gasteiger partial charge in [0, 0.05) is 25.2 Å². The third-order valence-electron chi connectivity index (χ3n) is 6.25. The van der Waals surface area contributed by atoms with E-state index in [0.29, 0.717) is 22.0 Å². The molecule has 172 valence electrons. The number of nitrogens with one attached hydrogen (secondary N) is 1. The smallest absolute Gasteiger partial charge is 0.272 e. The van der Waals surface area contributed by atoms with Gasteiger partial charge in [0.2, 0.25) is 0 Å². The Morgan fingerprint density at radius 2 is 2.00 bits per heavy atom. The summed E-state index contributed by atoms with van der Waals surface area (Å²) in [5.74, 6) is 1.29. The maximum Gasteiger partial charge on any atom is 0.272 e. The number of aromatic nitrogens is 2. The summed E-state index contributed by atoms with van der Waals surface area (Å²) in [5, 5.41) is 20.9. The highest BCUT2D eigenvalue weighted by molar-refractivity contribution is 6.31. The molecular weight excluding hydrogens is 438 g/mol. The molecule has 1 aromatic heterocycles. The Labute approximate surface area is 199 Å². The Bertz CT molecular complexity index is 1060. The number of benzene rings is 1. The van der Waals surface area contributed by atoms with Gasteiger partial charge in [0.05, 0.1) is 16.7 Å². The summed E-state index contributed by atoms with van der Waals surface area (Å²) in [6.07, 6.45) is 7.67. The lowest BCUT2D eigenvalue weighted by Crippen LogP contribution is -2.40. The third kappa shape index (κ3) is 6.02. The van der Waals surface area contributed by atoms with Crippen LogP contribution in [0.1, 0.15) is 61.5 Å². The zero-order valence-corrected chi connectivity index (χ0v) is 19.5. The number of hydrogen-bond acceptors (Lipinski definition) is 6. The number of hydrogen-bond donors (Lipinski definition) is 1. The maximum absolute atomic E-state index is 12.7. The van der Waals surface area contributed by atoms with E-state index in [1.54, 1.807) is 24.3 Å². The largest absolute Gasteiger partial charge is 0.490 e. The predicted octanol–water partition coefficient (Wildman–Crippen LogP) is 4.67. The van der Waals surface area contributed by atoms with Crippen LogP contribution in [0.15, 0.2) is 42.0 Å². The van der Waals surface area contributed by atoms with E-state index in [1.165, 1.54) is 5.57 Å². The average molecular weight is 466 g/mol. The van der Waals surface area contributed by atoms with E-state index in [9.17, 15) is 4.79 Å². The summed E-state index contributed by atoms with van der Waals surface area (Å²) in [4.78, 5) is 14.9. The van der Waals surface area contributed by atoms with Crippen LogP contribution in [0, 0.1) is 11.3 Å². The average Bonchev–Trinajstić information content (AvgIpc) is 3.05. The number of rotatable bonds is 5. The number of halogens is 1. The molecule has 1 aromatic carbocycles. The second-order valence-corrected chi connectivity index (χ2v) is 9.08. The molecular formula is C25H28ClN5O2. The summed E-state index contributed by atoms with van der Waals surface area (Å²) >= 11 is 6.09. The van der Waals surface area contributed by atoms with Gasteiger partial charge in [-0.15, -0.1) is 10.2 Å². The molecule has 1 N–H and O–H groups in total. The summed E-state index contributed by atoms with van der Waals surface area (Å²) in [6.45, 7) is 3.99. The molecule has 1 fully saturated rings. The fourth-order valence-corrected chi connectivity index (χ4v) is 4.49. The molecule has 0 bridgehead atoms. The molecule has 4 rings (SSSR count). The minimum absolute atomic E-state index is 0.0629. The quantitative estimate of drug-likeness (QED) is 0.645. The highest BCUT2D eigenvalue weighted by atomic mass is 35.5. The first-order valence-electron chi connectivity index (χ1n) is 11.4. The lowest BCUT2D eigenvalue weighted by molar-refractivity contribution is 0.0888. The van der Waals surface area contributed by atoms with Gasteiger partial charge in [0.25, 0.3) is 5.91 Å². The first kappa shape index (κ1) is 23.1. The second-order valence-electron chi connectivity index (χ2n) is 8.67. The van der Waals surface area contributed by atoms with Gasteiger partial charge in [0.1, 0.15) is 11.8 Å². The first-order chi connectivity index (χ1) is 16.0. The molecule has 33 heavy (non-hydrogen) atoms. The lowest BCUT2D eigenvalue weighted by Gasteiger charge is -2.29. The standard InChI is InChI=1S/C25H28ClN5O2/c1-17-3-2-13-31(14-12-17)24-11-10-23(29-30-24)25(32)28-19-5-8-20(9-6-19)33-21-7-4-18(16-27)22(26)15-21/h3-4,7,10-11,15,19-20H,2,5-6,8-9,12-14H2,1H3,(H,28,32)/t19-,20-. The van der Waals surface area contributed by atoms with Gasteiger partial charge < -0.3 is 15.0 Å². The molecule has 1 saturated carbocycles. The van der Waals surface area contributed by atoms with Crippen molar-refractivity contribution in [2.75, 3.05) is 18.0 Å². The van der Waals surface area contributed by atoms with Crippen molar-refractivity contribution in [3.05, 3.63) is 58.3 Å². The second kappa shape index (κ2) is 10.7. The molecule has 0 radical (unpaired) electrons. The molecule has 7 nitrogen and oxygen atoms in total. The fraction of sp³-hybridized carbons (Fsp3) is 0.440. The Balaban J connectivity index is 1.25. The van der Waals surface area contributed by atoms with Crippen molar-refractivity contribution in [3.8, 4) is 11.8 Å². The molecule has 1 aliphatic carbocycles. The number of ether oxygens (including phenoxy) is 1. The van der Waals surface area contributed by atoms with E-state index in [2.05, 4.69) is 33.4 Å². The highest BCUT2D eigenvalue weighted by Gasteiger charge is 2.25. The van der Waals surface area contributed by atoms with Crippen LogP contribution in [0.2, 0.25) is 5.02 Å². The van der Waals surface area contributed by atoms with E-state index in [4.69, 9.17) is 21.6 Å². The van der Waals surface area contributed by atoms with E-state index in [0.717, 1.165) is 57.4 Å². The summed E-state index contributed by atoms with van der Waals surface area (Å²) in [7, 11) is 0. The molecule has 8 heteroatoms. The van der Waals surface area contributed by atoms with Gasteiger partial charge in [-0.3, -0.25) is 4.79 Å². The number of anilines is 1. The summed E-state index contributed by atoms with van der Waals surface area (Å²) < 4.78 is 6.02. The summed E-state index contributed by atoms with van der Waals surface area (Å²) in [6, 6.07) is 10.9. The van der Waals surface area contributed by atoms with Crippen LogP contribution in [0.3, 0.4) is 0 Å². The molecule has 2 aliphatic rings. The SMILES string of the molecule is CC1=CCCN(c2ccc(C(=O)N[C@H]3CC[C@H](Oc4ccc(C#N)c(Cl)c4)CC3)nn2)CC1. The number of nitrogens with zero attached hydrogens (tertiary/aromatic N) is 4. The topological polar surface area (TPSA) is 91.1 Å². The third-order valence-corrected chi connectivity index (χ3v) is 6.56. The van der Waals surface area contributed by atoms with E-state index >= 15 is 0 Å². The molecule has 1 aliphatic heterocycles. The maximum atomic E-state index is 12.7. The minimum Gasteiger partial charge on any atom is -0.490 e. The van der Waals surface area contributed by atoms with Crippen LogP contribution in [-0.4, -0.2) is 41.3 Å². The van der Waals surface area contributed by atoms with Crippen LogP contribution in [0.4, 0.5) is 5.82 Å². The molecule has 0 atom stereocenters. The van der Waals surface area contributed by atoms with Crippen LogP contribution in [-0.2, 0) is 0 Å². The molecule has 1 amide bonds. The molecule has 2 heterocycles. The Hall–Kier alpha value is -3.11. The number of amides is 1. The van der Waals surface area contributed by atoms with E-state index < -0.39 is 0 Å². The van der Waals surface area contributed by atoms with Crippen LogP contribution < -0.4 is 15.0 Å². The van der Waals surface area contributed by atoms with Crippen LogP contribution >= 0.6 is 11.6 Å². The van der Waals surface area contributed by atoms with Gasteiger partial charge in [-0.25, -0.2) is 0 Å². The Morgan fingerprint density at radius 1 is 1.18 bits per heavy atom. The number of carbonyl (C=O) groups is 1. The molecule has 0 spiro atoms. The predicted molar refractivity (Wildman–Crippen MR) is 128 cm³/mol. The van der Waals surface area contributed by atoms with E-state index in [1.807, 2.05) is 12.1 Å². The number of nitriles is 1. The first-order valence-corrected chi connectivity index (χ1v) is 11.8. The minimum atomic E-state index is -0.189. The normalized spacial score (nSPS) is 20.9. The van der Waals surface area contributed by atoms with Crippen LogP contribution in [0.25, 0.3) is 0 Å². The van der Waals surface area contributed by atoms with Gasteiger partial charge in [-0.1, -0.05) is 23.3 Å². The molecule has 2 aromatic rings. The van der Waals surface area contributed by atoms with E-state index in [-0.39, 0.29) is 18.1 Å². The molecule has 0 saturated heterocycles.